The smallest absolute Gasteiger partial charge is 0.325 e. The molecule has 2 aromatic rings. The number of aromatic nitrogens is 1. The van der Waals surface area contributed by atoms with Crippen LogP contribution in [0.5, 0.6) is 0 Å². The van der Waals surface area contributed by atoms with Gasteiger partial charge in [-0.25, -0.2) is 4.98 Å². The maximum Gasteiger partial charge on any atom is 0.325 e. The summed E-state index contributed by atoms with van der Waals surface area (Å²) in [5.74, 6) is -0.855. The Morgan fingerprint density at radius 2 is 2.10 bits per heavy atom. The van der Waals surface area contributed by atoms with Crippen molar-refractivity contribution in [3.63, 3.8) is 0 Å². The predicted molar refractivity (Wildman–Crippen MR) is 81.6 cm³/mol. The first kappa shape index (κ1) is 14.9. The number of hydrogen-bond acceptors (Lipinski definition) is 5. The number of rotatable bonds is 5. The fourth-order valence-electron chi connectivity index (χ4n) is 1.53. The van der Waals surface area contributed by atoms with E-state index < -0.39 is 5.97 Å². The molecule has 0 atom stereocenters. The molecule has 0 saturated heterocycles. The fraction of sp³-hybridized carbons (Fsp3) is 0.133. The van der Waals surface area contributed by atoms with Crippen LogP contribution in [0.4, 0.5) is 0 Å². The van der Waals surface area contributed by atoms with Gasteiger partial charge in [0.1, 0.15) is 11.6 Å². The molecule has 0 radical (unpaired) electrons. The highest BCUT2D eigenvalue weighted by atomic mass is 32.1. The monoisotopic (exact) mass is 302 g/mol. The molecule has 2 rings (SSSR count). The van der Waals surface area contributed by atoms with Crippen LogP contribution in [0, 0.1) is 0 Å². The summed E-state index contributed by atoms with van der Waals surface area (Å²) >= 11 is 1.51. The SMILES string of the molecule is COC(=O)CNC(=O)/C=C/c1csc(-c2ccccc2)n1. The zero-order valence-corrected chi connectivity index (χ0v) is 12.2. The molecule has 0 aliphatic rings. The molecule has 108 valence electrons. The Bertz CT molecular complexity index is 650. The summed E-state index contributed by atoms with van der Waals surface area (Å²) in [6.45, 7) is -0.147. The second kappa shape index (κ2) is 7.35. The van der Waals surface area contributed by atoms with E-state index in [1.165, 1.54) is 24.5 Å². The summed E-state index contributed by atoms with van der Waals surface area (Å²) in [4.78, 5) is 26.8. The molecule has 0 aliphatic heterocycles. The number of carbonyl (C=O) groups excluding carboxylic acids is 2. The van der Waals surface area contributed by atoms with Crippen LogP contribution in [0.2, 0.25) is 0 Å². The largest absolute Gasteiger partial charge is 0.468 e. The molecule has 6 heteroatoms. The van der Waals surface area contributed by atoms with Crippen molar-refractivity contribution in [1.29, 1.82) is 0 Å². The molecule has 0 saturated carbocycles. The number of thiazole rings is 1. The van der Waals surface area contributed by atoms with Crippen molar-refractivity contribution in [2.45, 2.75) is 0 Å². The van der Waals surface area contributed by atoms with Gasteiger partial charge in [0.15, 0.2) is 0 Å². The van der Waals surface area contributed by atoms with Gasteiger partial charge in [-0.3, -0.25) is 9.59 Å². The number of nitrogens with zero attached hydrogens (tertiary/aromatic N) is 1. The molecule has 1 heterocycles. The van der Waals surface area contributed by atoms with Gasteiger partial charge >= 0.3 is 5.97 Å². The molecule has 0 unspecified atom stereocenters. The summed E-state index contributed by atoms with van der Waals surface area (Å²) in [6, 6.07) is 9.81. The molecule has 0 bridgehead atoms. The Balaban J connectivity index is 1.95. The molecule has 1 amide bonds. The van der Waals surface area contributed by atoms with Crippen LogP contribution in [-0.2, 0) is 14.3 Å². The Hall–Kier alpha value is -2.47. The van der Waals surface area contributed by atoms with Crippen LogP contribution in [0.15, 0.2) is 41.8 Å². The minimum absolute atomic E-state index is 0.147. The molecule has 1 aromatic heterocycles. The maximum absolute atomic E-state index is 11.5. The second-order valence-corrected chi connectivity index (χ2v) is 4.93. The van der Waals surface area contributed by atoms with E-state index in [9.17, 15) is 9.59 Å². The average molecular weight is 302 g/mol. The van der Waals surface area contributed by atoms with E-state index in [1.807, 2.05) is 35.7 Å². The normalized spacial score (nSPS) is 10.5. The lowest BCUT2D eigenvalue weighted by molar-refractivity contribution is -0.140. The highest BCUT2D eigenvalue weighted by Gasteiger charge is 2.04. The van der Waals surface area contributed by atoms with E-state index in [0.717, 1.165) is 10.6 Å². The van der Waals surface area contributed by atoms with Crippen molar-refractivity contribution in [3.05, 3.63) is 47.5 Å². The Kier molecular flexibility index (Phi) is 5.22. The van der Waals surface area contributed by atoms with Crippen LogP contribution in [0.3, 0.4) is 0 Å². The van der Waals surface area contributed by atoms with Gasteiger partial charge in [0.2, 0.25) is 5.91 Å². The lowest BCUT2D eigenvalue weighted by Gasteiger charge is -1.98. The summed E-state index contributed by atoms with van der Waals surface area (Å²) in [5, 5.41) is 5.18. The molecular formula is C15H14N2O3S. The summed E-state index contributed by atoms with van der Waals surface area (Å²) < 4.78 is 4.43. The number of ether oxygens (including phenoxy) is 1. The summed E-state index contributed by atoms with van der Waals surface area (Å²) in [7, 11) is 1.27. The van der Waals surface area contributed by atoms with E-state index in [4.69, 9.17) is 0 Å². The molecule has 1 N–H and O–H groups in total. The summed E-state index contributed by atoms with van der Waals surface area (Å²) in [5.41, 5.74) is 1.74. The first-order valence-corrected chi connectivity index (χ1v) is 7.10. The zero-order chi connectivity index (χ0) is 15.1. The number of benzene rings is 1. The van der Waals surface area contributed by atoms with E-state index in [-0.39, 0.29) is 12.5 Å². The molecule has 0 fully saturated rings. The van der Waals surface area contributed by atoms with E-state index in [1.54, 1.807) is 6.08 Å². The topological polar surface area (TPSA) is 68.3 Å². The maximum atomic E-state index is 11.5. The van der Waals surface area contributed by atoms with E-state index >= 15 is 0 Å². The van der Waals surface area contributed by atoms with Crippen molar-refractivity contribution >= 4 is 29.3 Å². The van der Waals surface area contributed by atoms with E-state index in [0.29, 0.717) is 5.69 Å². The highest BCUT2D eigenvalue weighted by Crippen LogP contribution is 2.23. The van der Waals surface area contributed by atoms with Gasteiger partial charge < -0.3 is 10.1 Å². The predicted octanol–water partition coefficient (Wildman–Crippen LogP) is 2.11. The zero-order valence-electron chi connectivity index (χ0n) is 11.4. The van der Waals surface area contributed by atoms with Gasteiger partial charge in [-0.1, -0.05) is 30.3 Å². The lowest BCUT2D eigenvalue weighted by Crippen LogP contribution is -2.28. The number of carbonyl (C=O) groups is 2. The van der Waals surface area contributed by atoms with Crippen molar-refractivity contribution in [2.24, 2.45) is 0 Å². The van der Waals surface area contributed by atoms with Crippen LogP contribution in [0.25, 0.3) is 16.6 Å². The number of esters is 1. The summed E-state index contributed by atoms with van der Waals surface area (Å²) in [6.07, 6.45) is 2.95. The van der Waals surface area contributed by atoms with Crippen LogP contribution in [-0.4, -0.2) is 30.5 Å². The van der Waals surface area contributed by atoms with Crippen molar-refractivity contribution < 1.29 is 14.3 Å². The highest BCUT2D eigenvalue weighted by molar-refractivity contribution is 7.13. The minimum atomic E-state index is -0.489. The molecule has 0 spiro atoms. The van der Waals surface area contributed by atoms with Crippen molar-refractivity contribution in [3.8, 4) is 10.6 Å². The second-order valence-electron chi connectivity index (χ2n) is 4.07. The third kappa shape index (κ3) is 4.54. The molecule has 0 aliphatic carbocycles. The number of amides is 1. The molecule has 1 aromatic carbocycles. The van der Waals surface area contributed by atoms with Gasteiger partial charge in [0, 0.05) is 17.0 Å². The quantitative estimate of drug-likeness (QED) is 0.678. The molecular weight excluding hydrogens is 288 g/mol. The van der Waals surface area contributed by atoms with Gasteiger partial charge in [0.05, 0.1) is 12.8 Å². The fourth-order valence-corrected chi connectivity index (χ4v) is 2.32. The van der Waals surface area contributed by atoms with Gasteiger partial charge in [-0.05, 0) is 6.08 Å². The lowest BCUT2D eigenvalue weighted by atomic mass is 10.2. The average Bonchev–Trinajstić information content (AvgIpc) is 3.00. The first-order valence-electron chi connectivity index (χ1n) is 6.22. The Labute approximate surface area is 126 Å². The first-order chi connectivity index (χ1) is 10.2. The van der Waals surface area contributed by atoms with Crippen LogP contribution < -0.4 is 5.32 Å². The number of nitrogens with one attached hydrogen (secondary N) is 1. The van der Waals surface area contributed by atoms with Gasteiger partial charge in [-0.2, -0.15) is 0 Å². The van der Waals surface area contributed by atoms with Crippen LogP contribution >= 0.6 is 11.3 Å². The van der Waals surface area contributed by atoms with Gasteiger partial charge in [0.25, 0.3) is 0 Å². The third-order valence-electron chi connectivity index (χ3n) is 2.58. The minimum Gasteiger partial charge on any atom is -0.468 e. The third-order valence-corrected chi connectivity index (χ3v) is 3.49. The number of methoxy groups -OCH3 is 1. The molecule has 5 nitrogen and oxygen atoms in total. The standard InChI is InChI=1S/C15H14N2O3S/c1-20-14(19)9-16-13(18)8-7-12-10-21-15(17-12)11-5-3-2-4-6-11/h2-8,10H,9H2,1H3,(H,16,18)/b8-7+. The number of hydrogen-bond donors (Lipinski definition) is 1. The van der Waals surface area contributed by atoms with E-state index in [2.05, 4.69) is 15.0 Å². The Morgan fingerprint density at radius 1 is 1.33 bits per heavy atom. The molecule has 21 heavy (non-hydrogen) atoms. The van der Waals surface area contributed by atoms with Crippen molar-refractivity contribution in [1.82, 2.24) is 10.3 Å². The van der Waals surface area contributed by atoms with Gasteiger partial charge in [-0.15, -0.1) is 11.3 Å². The Morgan fingerprint density at radius 3 is 2.81 bits per heavy atom. The van der Waals surface area contributed by atoms with Crippen molar-refractivity contribution in [2.75, 3.05) is 13.7 Å². The van der Waals surface area contributed by atoms with Crippen LogP contribution in [0.1, 0.15) is 5.69 Å².